The van der Waals surface area contributed by atoms with Crippen molar-refractivity contribution in [1.29, 1.82) is 0 Å². The number of urea groups is 1. The van der Waals surface area contributed by atoms with Crippen LogP contribution in [0.1, 0.15) is 5.56 Å². The maximum atomic E-state index is 11.7. The summed E-state index contributed by atoms with van der Waals surface area (Å²) in [5, 5.41) is 5.86. The minimum absolute atomic E-state index is 0.0825. The van der Waals surface area contributed by atoms with Gasteiger partial charge in [0.1, 0.15) is 0 Å². The van der Waals surface area contributed by atoms with E-state index >= 15 is 0 Å². The molecule has 0 bridgehead atoms. The van der Waals surface area contributed by atoms with Crippen molar-refractivity contribution >= 4 is 11.7 Å². The number of carbonyl (C=O) groups is 1. The van der Waals surface area contributed by atoms with Crippen molar-refractivity contribution in [2.24, 2.45) is 0 Å². The maximum absolute atomic E-state index is 11.7. The summed E-state index contributed by atoms with van der Waals surface area (Å²) in [6.07, 6.45) is 0. The first-order valence-electron chi connectivity index (χ1n) is 5.37. The Morgan fingerprint density at radius 3 is 2.81 bits per heavy atom. The number of hydrogen-bond donors (Lipinski definition) is 2. The number of likely N-dealkylation sites (N-methyl/N-ethyl adjacent to an activating group) is 2. The van der Waals surface area contributed by atoms with Gasteiger partial charge in [0.05, 0.1) is 0 Å². The van der Waals surface area contributed by atoms with E-state index in [1.54, 1.807) is 11.9 Å². The Bertz CT molecular complexity index is 352. The van der Waals surface area contributed by atoms with E-state index in [0.29, 0.717) is 6.54 Å². The zero-order valence-electron chi connectivity index (χ0n) is 10.1. The molecule has 0 aromatic heterocycles. The normalized spacial score (nSPS) is 9.94. The lowest BCUT2D eigenvalue weighted by Crippen LogP contribution is -2.35. The molecule has 16 heavy (non-hydrogen) atoms. The Kier molecular flexibility index (Phi) is 4.79. The van der Waals surface area contributed by atoms with Crippen molar-refractivity contribution in [3.63, 3.8) is 0 Å². The molecule has 2 amide bonds. The maximum Gasteiger partial charge on any atom is 0.321 e. The van der Waals surface area contributed by atoms with Crippen LogP contribution in [-0.4, -0.2) is 38.1 Å². The second-order valence-electron chi connectivity index (χ2n) is 3.82. The van der Waals surface area contributed by atoms with Crippen LogP contribution in [0.4, 0.5) is 10.5 Å². The number of nitrogens with one attached hydrogen (secondary N) is 2. The van der Waals surface area contributed by atoms with Crippen LogP contribution in [0.25, 0.3) is 0 Å². The van der Waals surface area contributed by atoms with Gasteiger partial charge in [-0.15, -0.1) is 0 Å². The number of rotatable bonds is 4. The number of hydrogen-bond acceptors (Lipinski definition) is 2. The van der Waals surface area contributed by atoms with Gasteiger partial charge in [-0.25, -0.2) is 4.79 Å². The molecule has 0 radical (unpaired) electrons. The highest BCUT2D eigenvalue weighted by Gasteiger charge is 2.07. The van der Waals surface area contributed by atoms with Crippen molar-refractivity contribution in [3.8, 4) is 0 Å². The fourth-order valence-electron chi connectivity index (χ4n) is 1.32. The average molecular weight is 221 g/mol. The molecular formula is C12H19N3O. The van der Waals surface area contributed by atoms with Gasteiger partial charge in [0.15, 0.2) is 0 Å². The lowest BCUT2D eigenvalue weighted by molar-refractivity contribution is 0.223. The lowest BCUT2D eigenvalue weighted by Gasteiger charge is -2.17. The fraction of sp³-hybridized carbons (Fsp3) is 0.417. The molecule has 0 spiro atoms. The molecule has 0 saturated carbocycles. The zero-order chi connectivity index (χ0) is 12.0. The summed E-state index contributed by atoms with van der Waals surface area (Å²) in [6.45, 7) is 3.48. The molecule has 2 N–H and O–H groups in total. The largest absolute Gasteiger partial charge is 0.326 e. The van der Waals surface area contributed by atoms with Crippen molar-refractivity contribution in [1.82, 2.24) is 10.2 Å². The summed E-state index contributed by atoms with van der Waals surface area (Å²) in [5.74, 6) is 0. The standard InChI is InChI=1S/C12H19N3O/c1-10-5-4-6-11(9-10)14-12(16)15(3)8-7-13-2/h4-6,9,13H,7-8H2,1-3H3,(H,14,16). The van der Waals surface area contributed by atoms with Gasteiger partial charge >= 0.3 is 6.03 Å². The Hall–Kier alpha value is -1.55. The van der Waals surface area contributed by atoms with Crippen LogP contribution < -0.4 is 10.6 Å². The third-order valence-electron chi connectivity index (χ3n) is 2.31. The number of benzene rings is 1. The van der Waals surface area contributed by atoms with Gasteiger partial charge in [0.2, 0.25) is 0 Å². The van der Waals surface area contributed by atoms with Crippen LogP contribution in [-0.2, 0) is 0 Å². The highest BCUT2D eigenvalue weighted by molar-refractivity contribution is 5.89. The smallest absolute Gasteiger partial charge is 0.321 e. The monoisotopic (exact) mass is 221 g/mol. The summed E-state index contributed by atoms with van der Waals surface area (Å²) in [6, 6.07) is 7.68. The second kappa shape index (κ2) is 6.12. The Morgan fingerprint density at radius 1 is 1.44 bits per heavy atom. The molecule has 4 heteroatoms. The molecule has 1 aromatic rings. The van der Waals surface area contributed by atoms with Gasteiger partial charge < -0.3 is 15.5 Å². The molecule has 0 heterocycles. The molecule has 0 unspecified atom stereocenters. The van der Waals surface area contributed by atoms with Gasteiger partial charge in [-0.3, -0.25) is 0 Å². The Balaban J connectivity index is 2.50. The molecule has 0 aliphatic heterocycles. The molecule has 0 saturated heterocycles. The van der Waals surface area contributed by atoms with Gasteiger partial charge in [-0.1, -0.05) is 12.1 Å². The SMILES string of the molecule is CNCCN(C)C(=O)Nc1cccc(C)c1. The number of anilines is 1. The molecule has 0 aliphatic carbocycles. The van der Waals surface area contributed by atoms with E-state index < -0.39 is 0 Å². The molecule has 1 rings (SSSR count). The van der Waals surface area contributed by atoms with Gasteiger partial charge in [0, 0.05) is 25.8 Å². The fourth-order valence-corrected chi connectivity index (χ4v) is 1.32. The third-order valence-corrected chi connectivity index (χ3v) is 2.31. The van der Waals surface area contributed by atoms with E-state index in [9.17, 15) is 4.79 Å². The molecule has 0 atom stereocenters. The van der Waals surface area contributed by atoms with E-state index in [1.165, 1.54) is 0 Å². The summed E-state index contributed by atoms with van der Waals surface area (Å²) in [5.41, 5.74) is 1.97. The van der Waals surface area contributed by atoms with Gasteiger partial charge in [-0.2, -0.15) is 0 Å². The minimum Gasteiger partial charge on any atom is -0.326 e. The van der Waals surface area contributed by atoms with Crippen LogP contribution in [0, 0.1) is 6.92 Å². The molecule has 4 nitrogen and oxygen atoms in total. The topological polar surface area (TPSA) is 44.4 Å². The van der Waals surface area contributed by atoms with Crippen LogP contribution in [0.3, 0.4) is 0 Å². The third kappa shape index (κ3) is 3.90. The number of nitrogens with zero attached hydrogens (tertiary/aromatic N) is 1. The predicted molar refractivity (Wildman–Crippen MR) is 66.8 cm³/mol. The number of aryl methyl sites for hydroxylation is 1. The minimum atomic E-state index is -0.0825. The van der Waals surface area contributed by atoms with E-state index in [4.69, 9.17) is 0 Å². The van der Waals surface area contributed by atoms with Crippen molar-refractivity contribution in [3.05, 3.63) is 29.8 Å². The van der Waals surface area contributed by atoms with E-state index in [2.05, 4.69) is 10.6 Å². The quantitative estimate of drug-likeness (QED) is 0.812. The van der Waals surface area contributed by atoms with Crippen LogP contribution in [0.15, 0.2) is 24.3 Å². The summed E-state index contributed by atoms with van der Waals surface area (Å²) in [4.78, 5) is 13.4. The highest BCUT2D eigenvalue weighted by Crippen LogP contribution is 2.09. The average Bonchev–Trinajstić information content (AvgIpc) is 2.25. The van der Waals surface area contributed by atoms with Crippen LogP contribution in [0.5, 0.6) is 0 Å². The van der Waals surface area contributed by atoms with E-state index in [-0.39, 0.29) is 6.03 Å². The van der Waals surface area contributed by atoms with Crippen molar-refractivity contribution < 1.29 is 4.79 Å². The summed E-state index contributed by atoms with van der Waals surface area (Å²) >= 11 is 0. The Morgan fingerprint density at radius 2 is 2.19 bits per heavy atom. The Labute approximate surface area is 96.6 Å². The summed E-state index contributed by atoms with van der Waals surface area (Å²) in [7, 11) is 3.65. The van der Waals surface area contributed by atoms with Gasteiger partial charge in [0.25, 0.3) is 0 Å². The lowest BCUT2D eigenvalue weighted by atomic mass is 10.2. The predicted octanol–water partition coefficient (Wildman–Crippen LogP) is 1.68. The zero-order valence-corrected chi connectivity index (χ0v) is 10.1. The van der Waals surface area contributed by atoms with Gasteiger partial charge in [-0.05, 0) is 31.7 Å². The molecular weight excluding hydrogens is 202 g/mol. The number of carbonyl (C=O) groups excluding carboxylic acids is 1. The van der Waals surface area contributed by atoms with E-state index in [1.807, 2.05) is 38.2 Å². The number of amides is 2. The van der Waals surface area contributed by atoms with Crippen molar-refractivity contribution in [2.45, 2.75) is 6.92 Å². The highest BCUT2D eigenvalue weighted by atomic mass is 16.2. The molecule has 1 aromatic carbocycles. The first-order valence-corrected chi connectivity index (χ1v) is 5.37. The molecule has 88 valence electrons. The molecule has 0 aliphatic rings. The first-order chi connectivity index (χ1) is 7.63. The second-order valence-corrected chi connectivity index (χ2v) is 3.82. The first kappa shape index (κ1) is 12.5. The molecule has 0 fully saturated rings. The van der Waals surface area contributed by atoms with E-state index in [0.717, 1.165) is 17.8 Å². The van der Waals surface area contributed by atoms with Crippen LogP contribution in [0.2, 0.25) is 0 Å². The summed E-state index contributed by atoms with van der Waals surface area (Å²) < 4.78 is 0. The van der Waals surface area contributed by atoms with Crippen LogP contribution >= 0.6 is 0 Å². The van der Waals surface area contributed by atoms with Crippen molar-refractivity contribution in [2.75, 3.05) is 32.5 Å².